The predicted molar refractivity (Wildman–Crippen MR) is 74.7 cm³/mol. The summed E-state index contributed by atoms with van der Waals surface area (Å²) in [5.41, 5.74) is 0. The first-order valence-electron chi connectivity index (χ1n) is 6.98. The second-order valence-electron chi connectivity index (χ2n) is 5.12. The molecule has 2 N–H and O–H groups in total. The Bertz CT molecular complexity index is 338. The highest BCUT2D eigenvalue weighted by Crippen LogP contribution is 2.12. The monoisotopic (exact) mass is 287 g/mol. The molecule has 7 nitrogen and oxygen atoms in total. The number of carboxylic acids is 1. The van der Waals surface area contributed by atoms with E-state index in [0.29, 0.717) is 6.54 Å². The molecule has 0 radical (unpaired) electrons. The zero-order valence-corrected chi connectivity index (χ0v) is 12.5. The van der Waals surface area contributed by atoms with Crippen molar-refractivity contribution in [3.05, 3.63) is 0 Å². The number of hydrogen-bond donors (Lipinski definition) is 2. The van der Waals surface area contributed by atoms with Gasteiger partial charge in [0, 0.05) is 26.2 Å². The van der Waals surface area contributed by atoms with Crippen LogP contribution < -0.4 is 5.32 Å². The third-order valence-corrected chi connectivity index (χ3v) is 3.63. The Morgan fingerprint density at radius 3 is 2.70 bits per heavy atom. The number of likely N-dealkylation sites (N-methyl/N-ethyl adjacent to an activating group) is 1. The van der Waals surface area contributed by atoms with Gasteiger partial charge in [0.05, 0.1) is 6.54 Å². The van der Waals surface area contributed by atoms with Crippen LogP contribution in [-0.4, -0.2) is 79.4 Å². The lowest BCUT2D eigenvalue weighted by Crippen LogP contribution is -2.50. The largest absolute Gasteiger partial charge is 0.479 e. The van der Waals surface area contributed by atoms with Crippen LogP contribution in [0.15, 0.2) is 0 Å². The summed E-state index contributed by atoms with van der Waals surface area (Å²) in [6.45, 7) is 4.54. The van der Waals surface area contributed by atoms with Crippen LogP contribution in [0.25, 0.3) is 0 Å². The zero-order chi connectivity index (χ0) is 15.1. The number of urea groups is 1. The van der Waals surface area contributed by atoms with Gasteiger partial charge in [-0.05, 0) is 26.4 Å². The van der Waals surface area contributed by atoms with Crippen LogP contribution in [0.4, 0.5) is 4.79 Å². The number of nitrogens with zero attached hydrogens (tertiary/aromatic N) is 2. The van der Waals surface area contributed by atoms with Gasteiger partial charge in [-0.3, -0.25) is 0 Å². The minimum Gasteiger partial charge on any atom is -0.479 e. The lowest BCUT2D eigenvalue weighted by molar-refractivity contribution is -0.148. The summed E-state index contributed by atoms with van der Waals surface area (Å²) in [6.07, 6.45) is 0.797. The first kappa shape index (κ1) is 16.7. The number of methoxy groups -OCH3 is 1. The molecule has 116 valence electrons. The SMILES string of the molecule is CCC1CN(C)CCCN1C(=O)NCC(OC)C(=O)O. The number of amides is 2. The Kier molecular flexibility index (Phi) is 6.74. The van der Waals surface area contributed by atoms with Crippen LogP contribution in [0.1, 0.15) is 19.8 Å². The Hall–Kier alpha value is -1.34. The average Bonchev–Trinajstić information content (AvgIpc) is 2.60. The van der Waals surface area contributed by atoms with Gasteiger partial charge in [0.25, 0.3) is 0 Å². The van der Waals surface area contributed by atoms with E-state index < -0.39 is 12.1 Å². The third-order valence-electron chi connectivity index (χ3n) is 3.63. The topological polar surface area (TPSA) is 82.1 Å². The maximum atomic E-state index is 12.2. The molecule has 0 aliphatic carbocycles. The van der Waals surface area contributed by atoms with Crippen LogP contribution in [0.5, 0.6) is 0 Å². The summed E-state index contributed by atoms with van der Waals surface area (Å²) < 4.78 is 4.80. The normalized spacial score (nSPS) is 22.1. The van der Waals surface area contributed by atoms with Crippen molar-refractivity contribution in [3.63, 3.8) is 0 Å². The van der Waals surface area contributed by atoms with Crippen LogP contribution >= 0.6 is 0 Å². The van der Waals surface area contributed by atoms with E-state index in [-0.39, 0.29) is 18.6 Å². The summed E-state index contributed by atoms with van der Waals surface area (Å²) in [7, 11) is 3.37. The number of aliphatic carboxylic acids is 1. The number of ether oxygens (including phenoxy) is 1. The quantitative estimate of drug-likeness (QED) is 0.755. The van der Waals surface area contributed by atoms with Crippen LogP contribution in [0, 0.1) is 0 Å². The van der Waals surface area contributed by atoms with E-state index >= 15 is 0 Å². The van der Waals surface area contributed by atoms with Crippen molar-refractivity contribution in [2.75, 3.05) is 40.3 Å². The molecule has 2 atom stereocenters. The Morgan fingerprint density at radius 2 is 2.15 bits per heavy atom. The van der Waals surface area contributed by atoms with Crippen molar-refractivity contribution in [2.45, 2.75) is 31.9 Å². The number of hydrogen-bond acceptors (Lipinski definition) is 4. The number of carbonyl (C=O) groups excluding carboxylic acids is 1. The average molecular weight is 287 g/mol. The zero-order valence-electron chi connectivity index (χ0n) is 12.5. The molecule has 7 heteroatoms. The maximum Gasteiger partial charge on any atom is 0.334 e. The van der Waals surface area contributed by atoms with E-state index in [0.717, 1.165) is 25.9 Å². The second kappa shape index (κ2) is 8.06. The smallest absolute Gasteiger partial charge is 0.334 e. The lowest BCUT2D eigenvalue weighted by atomic mass is 10.2. The molecule has 0 aromatic rings. The molecule has 0 aromatic carbocycles. The van der Waals surface area contributed by atoms with E-state index in [2.05, 4.69) is 24.2 Å². The molecular formula is C13H25N3O4. The van der Waals surface area contributed by atoms with Gasteiger partial charge in [0.1, 0.15) is 0 Å². The molecule has 0 spiro atoms. The molecule has 2 unspecified atom stereocenters. The summed E-state index contributed by atoms with van der Waals surface area (Å²) in [4.78, 5) is 27.1. The van der Waals surface area contributed by atoms with E-state index in [1.54, 1.807) is 4.90 Å². The number of rotatable bonds is 5. The van der Waals surface area contributed by atoms with E-state index in [4.69, 9.17) is 9.84 Å². The highest BCUT2D eigenvalue weighted by Gasteiger charge is 2.27. The van der Waals surface area contributed by atoms with Crippen LogP contribution in [0.3, 0.4) is 0 Å². The summed E-state index contributed by atoms with van der Waals surface area (Å²) >= 11 is 0. The molecule has 1 rings (SSSR count). The molecule has 1 fully saturated rings. The van der Waals surface area contributed by atoms with Gasteiger partial charge in [0.15, 0.2) is 6.10 Å². The van der Waals surface area contributed by atoms with E-state index in [1.807, 2.05) is 0 Å². The fourth-order valence-corrected chi connectivity index (χ4v) is 2.41. The molecular weight excluding hydrogens is 262 g/mol. The molecule has 0 aromatic heterocycles. The first-order chi connectivity index (χ1) is 9.49. The minimum atomic E-state index is -1.07. The van der Waals surface area contributed by atoms with Gasteiger partial charge in [-0.2, -0.15) is 0 Å². The highest BCUT2D eigenvalue weighted by molar-refractivity contribution is 5.77. The van der Waals surface area contributed by atoms with Crippen molar-refractivity contribution in [2.24, 2.45) is 0 Å². The third kappa shape index (κ3) is 4.64. The molecule has 1 aliphatic heterocycles. The molecule has 0 bridgehead atoms. The number of nitrogens with one attached hydrogen (secondary N) is 1. The van der Waals surface area contributed by atoms with Crippen molar-refractivity contribution in [1.29, 1.82) is 0 Å². The predicted octanol–water partition coefficient (Wildman–Crippen LogP) is 0.212. The van der Waals surface area contributed by atoms with Gasteiger partial charge < -0.3 is 25.0 Å². The van der Waals surface area contributed by atoms with Gasteiger partial charge in [-0.25, -0.2) is 9.59 Å². The Balaban J connectivity index is 2.57. The standard InChI is InChI=1S/C13H25N3O4/c1-4-10-9-15(2)6-5-7-16(10)13(19)14-8-11(20-3)12(17)18/h10-11H,4-9H2,1-3H3,(H,14,19)(H,17,18). The fourth-order valence-electron chi connectivity index (χ4n) is 2.41. The van der Waals surface area contributed by atoms with Crippen molar-refractivity contribution in [1.82, 2.24) is 15.1 Å². The molecule has 20 heavy (non-hydrogen) atoms. The second-order valence-corrected chi connectivity index (χ2v) is 5.12. The maximum absolute atomic E-state index is 12.2. The summed E-state index contributed by atoms with van der Waals surface area (Å²) in [5, 5.41) is 11.5. The van der Waals surface area contributed by atoms with Gasteiger partial charge in [-0.15, -0.1) is 0 Å². The van der Waals surface area contributed by atoms with Crippen LogP contribution in [-0.2, 0) is 9.53 Å². The minimum absolute atomic E-state index is 0.0204. The van der Waals surface area contributed by atoms with E-state index in [1.165, 1.54) is 7.11 Å². The fraction of sp³-hybridized carbons (Fsp3) is 0.846. The Labute approximate surface area is 119 Å². The number of carboxylic acid groups (broad SMARTS) is 1. The molecule has 1 saturated heterocycles. The van der Waals surface area contributed by atoms with Crippen molar-refractivity contribution in [3.8, 4) is 0 Å². The highest BCUT2D eigenvalue weighted by atomic mass is 16.5. The number of carbonyl (C=O) groups is 2. The van der Waals surface area contributed by atoms with Gasteiger partial charge in [0.2, 0.25) is 0 Å². The molecule has 1 heterocycles. The van der Waals surface area contributed by atoms with Gasteiger partial charge in [-0.1, -0.05) is 6.92 Å². The molecule has 0 saturated carbocycles. The molecule has 1 aliphatic rings. The van der Waals surface area contributed by atoms with E-state index in [9.17, 15) is 9.59 Å². The van der Waals surface area contributed by atoms with Gasteiger partial charge >= 0.3 is 12.0 Å². The lowest BCUT2D eigenvalue weighted by Gasteiger charge is -2.30. The van der Waals surface area contributed by atoms with Crippen molar-refractivity contribution >= 4 is 12.0 Å². The van der Waals surface area contributed by atoms with Crippen LogP contribution in [0.2, 0.25) is 0 Å². The summed E-state index contributed by atoms with van der Waals surface area (Å²) in [6, 6.07) is -0.0521. The molecule has 2 amide bonds. The summed E-state index contributed by atoms with van der Waals surface area (Å²) in [5.74, 6) is -1.07. The first-order valence-corrected chi connectivity index (χ1v) is 6.98. The van der Waals surface area contributed by atoms with Crippen molar-refractivity contribution < 1.29 is 19.4 Å². The Morgan fingerprint density at radius 1 is 1.45 bits per heavy atom.